The van der Waals surface area contributed by atoms with Crippen molar-refractivity contribution in [3.05, 3.63) is 5.89 Å². The highest BCUT2D eigenvalue weighted by atomic mass is 32.2. The quantitative estimate of drug-likeness (QED) is 0.384. The van der Waals surface area contributed by atoms with E-state index in [0.717, 1.165) is 32.1 Å². The lowest BCUT2D eigenvalue weighted by molar-refractivity contribution is -0.122. The number of carbonyl (C=O) groups is 2. The summed E-state index contributed by atoms with van der Waals surface area (Å²) in [7, 11) is 0. The highest BCUT2D eigenvalue weighted by molar-refractivity contribution is 7.99. The molecule has 1 amide bonds. The van der Waals surface area contributed by atoms with Crippen LogP contribution in [0.15, 0.2) is 9.64 Å². The molecule has 25 heavy (non-hydrogen) atoms. The molecule has 1 saturated carbocycles. The van der Waals surface area contributed by atoms with Crippen LogP contribution in [0.25, 0.3) is 0 Å². The first kappa shape index (κ1) is 19.9. The van der Waals surface area contributed by atoms with Crippen LogP contribution >= 0.6 is 11.8 Å². The predicted molar refractivity (Wildman–Crippen MR) is 94.5 cm³/mol. The lowest BCUT2D eigenvalue weighted by Gasteiger charge is -2.36. The maximum Gasteiger partial charge on any atom is 0.286 e. The van der Waals surface area contributed by atoms with Crippen molar-refractivity contribution in [3.63, 3.8) is 0 Å². The molecule has 0 aromatic carbocycles. The molecular weight excluding hydrogens is 342 g/mol. The van der Waals surface area contributed by atoms with E-state index in [1.807, 2.05) is 13.8 Å². The highest BCUT2D eigenvalue weighted by Crippen LogP contribution is 2.27. The zero-order valence-corrected chi connectivity index (χ0v) is 15.7. The van der Waals surface area contributed by atoms with E-state index in [9.17, 15) is 9.59 Å². The van der Waals surface area contributed by atoms with Crippen molar-refractivity contribution in [3.8, 4) is 0 Å². The summed E-state index contributed by atoms with van der Waals surface area (Å²) in [6.45, 7) is 4.05. The molecule has 2 rings (SSSR count). The van der Waals surface area contributed by atoms with Crippen LogP contribution in [0.5, 0.6) is 0 Å². The van der Waals surface area contributed by atoms with E-state index in [0.29, 0.717) is 12.2 Å². The van der Waals surface area contributed by atoms with Crippen molar-refractivity contribution in [2.75, 3.05) is 12.4 Å². The number of carbonyl (C=O) groups excluding carboxylic acids is 2. The molecule has 140 valence electrons. The summed E-state index contributed by atoms with van der Waals surface area (Å²) in [4.78, 5) is 26.4. The van der Waals surface area contributed by atoms with E-state index in [-0.39, 0.29) is 35.5 Å². The van der Waals surface area contributed by atoms with E-state index in [2.05, 4.69) is 10.2 Å². The monoisotopic (exact) mass is 369 g/mol. The number of aliphatic hydroxyl groups is 1. The Bertz CT molecular complexity index is 558. The third kappa shape index (κ3) is 5.54. The van der Waals surface area contributed by atoms with Gasteiger partial charge in [0.25, 0.3) is 11.1 Å². The SMILES string of the molecule is CC(C)C[C@@H](C(=O)c1nnc(SCCO)o1)N(C=O)C1CCCCC1. The fraction of sp³-hybridized carbons (Fsp3) is 0.765. The molecule has 1 aliphatic carbocycles. The molecule has 1 atom stereocenters. The van der Waals surface area contributed by atoms with Crippen LogP contribution in [0.4, 0.5) is 0 Å². The Morgan fingerprint density at radius 3 is 2.68 bits per heavy atom. The summed E-state index contributed by atoms with van der Waals surface area (Å²) in [6.07, 6.45) is 6.58. The summed E-state index contributed by atoms with van der Waals surface area (Å²) in [5, 5.41) is 16.8. The van der Waals surface area contributed by atoms with Crippen LogP contribution in [0.1, 0.15) is 63.1 Å². The lowest BCUT2D eigenvalue weighted by atomic mass is 9.91. The average molecular weight is 369 g/mol. The maximum absolute atomic E-state index is 13.0. The predicted octanol–water partition coefficient (Wildman–Crippen LogP) is 2.54. The highest BCUT2D eigenvalue weighted by Gasteiger charge is 2.34. The van der Waals surface area contributed by atoms with E-state index in [1.165, 1.54) is 18.2 Å². The van der Waals surface area contributed by atoms with Gasteiger partial charge in [-0.25, -0.2) is 0 Å². The number of thioether (sulfide) groups is 1. The maximum atomic E-state index is 13.0. The number of Topliss-reactive ketones (excluding diaryl/α,β-unsaturated/α-hetero) is 1. The lowest BCUT2D eigenvalue weighted by Crippen LogP contribution is -2.48. The van der Waals surface area contributed by atoms with Crippen molar-refractivity contribution in [2.45, 2.75) is 69.7 Å². The normalized spacial score (nSPS) is 16.8. The molecule has 1 aromatic heterocycles. The van der Waals surface area contributed by atoms with Crippen LogP contribution in [0.2, 0.25) is 0 Å². The molecule has 1 aromatic rings. The third-order valence-corrected chi connectivity index (χ3v) is 5.21. The van der Waals surface area contributed by atoms with Crippen molar-refractivity contribution in [1.29, 1.82) is 0 Å². The molecule has 1 heterocycles. The topological polar surface area (TPSA) is 96.5 Å². The van der Waals surface area contributed by atoms with Gasteiger partial charge in [-0.1, -0.05) is 44.9 Å². The first-order valence-corrected chi connectivity index (χ1v) is 9.89. The number of hydrogen-bond donors (Lipinski definition) is 1. The van der Waals surface area contributed by atoms with Crippen LogP contribution in [0.3, 0.4) is 0 Å². The largest absolute Gasteiger partial charge is 0.408 e. The molecule has 0 unspecified atom stereocenters. The van der Waals surface area contributed by atoms with Crippen LogP contribution in [-0.4, -0.2) is 56.8 Å². The molecule has 0 saturated heterocycles. The number of nitrogens with zero attached hydrogens (tertiary/aromatic N) is 3. The molecule has 0 aliphatic heterocycles. The summed E-state index contributed by atoms with van der Waals surface area (Å²) >= 11 is 1.20. The van der Waals surface area contributed by atoms with Gasteiger partial charge in [0.2, 0.25) is 12.2 Å². The molecule has 0 radical (unpaired) electrons. The number of ketones is 1. The second-order valence-electron chi connectivity index (χ2n) is 6.80. The van der Waals surface area contributed by atoms with Crippen molar-refractivity contribution >= 4 is 24.0 Å². The third-order valence-electron chi connectivity index (χ3n) is 4.41. The molecule has 1 fully saturated rings. The standard InChI is InChI=1S/C17H27N3O4S/c1-12(2)10-14(20(11-22)13-6-4-3-5-7-13)15(23)16-18-19-17(24-16)25-9-8-21/h11-14,21H,3-10H2,1-2H3/t14-/m0/s1. The van der Waals surface area contributed by atoms with Crippen LogP contribution < -0.4 is 0 Å². The minimum Gasteiger partial charge on any atom is -0.408 e. The van der Waals surface area contributed by atoms with E-state index in [1.54, 1.807) is 4.90 Å². The van der Waals surface area contributed by atoms with Gasteiger partial charge in [0, 0.05) is 11.8 Å². The molecule has 1 N–H and O–H groups in total. The van der Waals surface area contributed by atoms with E-state index < -0.39 is 6.04 Å². The Hall–Kier alpha value is -1.41. The van der Waals surface area contributed by atoms with Gasteiger partial charge in [-0.3, -0.25) is 9.59 Å². The molecule has 8 heteroatoms. The zero-order chi connectivity index (χ0) is 18.2. The Balaban J connectivity index is 2.17. The number of rotatable bonds is 10. The number of hydrogen-bond acceptors (Lipinski definition) is 7. The number of aromatic nitrogens is 2. The smallest absolute Gasteiger partial charge is 0.286 e. The first-order chi connectivity index (χ1) is 12.1. The minimum atomic E-state index is -0.572. The van der Waals surface area contributed by atoms with Crippen LogP contribution in [-0.2, 0) is 4.79 Å². The summed E-state index contributed by atoms with van der Waals surface area (Å²) in [5.74, 6) is 0.322. The fourth-order valence-corrected chi connectivity index (χ4v) is 3.75. The van der Waals surface area contributed by atoms with Crippen molar-refractivity contribution in [1.82, 2.24) is 15.1 Å². The molecule has 1 aliphatic rings. The zero-order valence-electron chi connectivity index (χ0n) is 14.9. The Labute approximate surface area is 152 Å². The van der Waals surface area contributed by atoms with Gasteiger partial charge >= 0.3 is 0 Å². The summed E-state index contributed by atoms with van der Waals surface area (Å²) in [5.41, 5.74) is 0. The second-order valence-corrected chi connectivity index (χ2v) is 7.85. The van der Waals surface area contributed by atoms with Crippen molar-refractivity contribution in [2.24, 2.45) is 5.92 Å². The van der Waals surface area contributed by atoms with Gasteiger partial charge in [-0.2, -0.15) is 0 Å². The van der Waals surface area contributed by atoms with Gasteiger partial charge in [-0.05, 0) is 25.2 Å². The molecule has 7 nitrogen and oxygen atoms in total. The minimum absolute atomic E-state index is 0.00704. The van der Waals surface area contributed by atoms with E-state index >= 15 is 0 Å². The Morgan fingerprint density at radius 2 is 2.08 bits per heavy atom. The van der Waals surface area contributed by atoms with Gasteiger partial charge in [0.15, 0.2) is 0 Å². The number of amides is 1. The van der Waals surface area contributed by atoms with E-state index in [4.69, 9.17) is 9.52 Å². The van der Waals surface area contributed by atoms with Gasteiger partial charge in [0.05, 0.1) is 6.61 Å². The van der Waals surface area contributed by atoms with Gasteiger partial charge < -0.3 is 14.4 Å². The summed E-state index contributed by atoms with van der Waals surface area (Å²) in [6, 6.07) is -0.471. The Morgan fingerprint density at radius 1 is 1.36 bits per heavy atom. The average Bonchev–Trinajstić information content (AvgIpc) is 3.08. The van der Waals surface area contributed by atoms with Crippen molar-refractivity contribution < 1.29 is 19.1 Å². The second kappa shape index (κ2) is 9.91. The summed E-state index contributed by atoms with van der Waals surface area (Å²) < 4.78 is 5.43. The fourth-order valence-electron chi connectivity index (χ4n) is 3.25. The van der Waals surface area contributed by atoms with Crippen LogP contribution in [0, 0.1) is 5.92 Å². The molecular formula is C17H27N3O4S. The molecule has 0 spiro atoms. The van der Waals surface area contributed by atoms with Gasteiger partial charge in [-0.15, -0.1) is 10.2 Å². The Kier molecular flexibility index (Phi) is 7.90. The molecule has 0 bridgehead atoms. The first-order valence-electron chi connectivity index (χ1n) is 8.91. The number of aliphatic hydroxyl groups excluding tert-OH is 1. The van der Waals surface area contributed by atoms with Gasteiger partial charge in [0.1, 0.15) is 6.04 Å².